The number of rotatable bonds is 5. The summed E-state index contributed by atoms with van der Waals surface area (Å²) in [6.45, 7) is 2.88. The van der Waals surface area contributed by atoms with Crippen molar-refractivity contribution >= 4 is 11.8 Å². The van der Waals surface area contributed by atoms with Gasteiger partial charge in [0.05, 0.1) is 0 Å². The molecule has 1 aliphatic heterocycles. The monoisotopic (exact) mass is 276 g/mol. The van der Waals surface area contributed by atoms with Crippen molar-refractivity contribution in [3.8, 4) is 0 Å². The number of carbonyl (C=O) groups excluding carboxylic acids is 1. The lowest BCUT2D eigenvalue weighted by Gasteiger charge is -2.31. The van der Waals surface area contributed by atoms with Gasteiger partial charge in [-0.3, -0.25) is 0 Å². The third-order valence-corrected chi connectivity index (χ3v) is 3.91. The second-order valence-corrected chi connectivity index (χ2v) is 5.40. The Morgan fingerprint density at radius 3 is 3.00 bits per heavy atom. The smallest absolute Gasteiger partial charge is 0.317 e. The van der Waals surface area contributed by atoms with Gasteiger partial charge in [-0.2, -0.15) is 0 Å². The van der Waals surface area contributed by atoms with Gasteiger partial charge in [0.15, 0.2) is 0 Å². The lowest BCUT2D eigenvalue weighted by Crippen LogP contribution is -2.35. The highest BCUT2D eigenvalue weighted by molar-refractivity contribution is 5.76. The molecular weight excluding hydrogens is 256 g/mol. The second kappa shape index (κ2) is 5.62. The van der Waals surface area contributed by atoms with Crippen LogP contribution < -0.4 is 16.4 Å². The summed E-state index contributed by atoms with van der Waals surface area (Å²) in [5.41, 5.74) is 6.86. The number of nitrogens with zero attached hydrogens (tertiary/aromatic N) is 3. The number of aromatic nitrogens is 2. The molecule has 2 amide bonds. The van der Waals surface area contributed by atoms with Crippen molar-refractivity contribution in [3.63, 3.8) is 0 Å². The van der Waals surface area contributed by atoms with E-state index in [2.05, 4.69) is 20.6 Å². The van der Waals surface area contributed by atoms with E-state index in [0.29, 0.717) is 25.0 Å². The molecule has 0 spiro atoms. The van der Waals surface area contributed by atoms with Crippen molar-refractivity contribution in [3.05, 3.63) is 18.1 Å². The van der Waals surface area contributed by atoms with Gasteiger partial charge in [-0.15, -0.1) is 0 Å². The summed E-state index contributed by atoms with van der Waals surface area (Å²) < 4.78 is 0. The summed E-state index contributed by atoms with van der Waals surface area (Å²) in [5.74, 6) is 1.29. The quantitative estimate of drug-likeness (QED) is 0.710. The zero-order valence-corrected chi connectivity index (χ0v) is 11.4. The molecule has 2 fully saturated rings. The number of hydrogen-bond donors (Lipinski definition) is 3. The molecule has 3 rings (SSSR count). The summed E-state index contributed by atoms with van der Waals surface area (Å²) in [5, 5.41) is 6.03. The number of carbonyl (C=O) groups is 1. The van der Waals surface area contributed by atoms with Gasteiger partial charge in [-0.1, -0.05) is 0 Å². The van der Waals surface area contributed by atoms with E-state index in [-0.39, 0.29) is 6.03 Å². The van der Waals surface area contributed by atoms with E-state index < -0.39 is 0 Å². The van der Waals surface area contributed by atoms with Crippen LogP contribution in [0.1, 0.15) is 24.5 Å². The predicted octanol–water partition coefficient (Wildman–Crippen LogP) is 0.118. The van der Waals surface area contributed by atoms with E-state index in [4.69, 9.17) is 5.73 Å². The molecule has 1 saturated heterocycles. The van der Waals surface area contributed by atoms with Crippen molar-refractivity contribution in [2.24, 2.45) is 5.73 Å². The number of nitrogens with two attached hydrogens (primary N) is 1. The van der Waals surface area contributed by atoms with Gasteiger partial charge >= 0.3 is 6.03 Å². The summed E-state index contributed by atoms with van der Waals surface area (Å²) in [6, 6.07) is 2.32. The Balaban J connectivity index is 1.50. The van der Waals surface area contributed by atoms with Crippen molar-refractivity contribution in [2.45, 2.75) is 24.8 Å². The van der Waals surface area contributed by atoms with Gasteiger partial charge < -0.3 is 21.3 Å². The fourth-order valence-electron chi connectivity index (χ4n) is 2.64. The van der Waals surface area contributed by atoms with Gasteiger partial charge in [-0.05, 0) is 12.8 Å². The van der Waals surface area contributed by atoms with Crippen LogP contribution in [0.15, 0.2) is 12.4 Å². The minimum Gasteiger partial charge on any atom is -0.368 e. The van der Waals surface area contributed by atoms with Crippen molar-refractivity contribution in [1.29, 1.82) is 0 Å². The molecule has 7 nitrogen and oxygen atoms in total. The molecule has 0 unspecified atom stereocenters. The summed E-state index contributed by atoms with van der Waals surface area (Å²) in [7, 11) is 0. The van der Waals surface area contributed by atoms with Crippen LogP contribution in [-0.4, -0.2) is 53.1 Å². The fourth-order valence-corrected chi connectivity index (χ4v) is 2.64. The standard InChI is InChI=1S/C13H20N6O/c14-10-5-9(6-10)11-7-12(18-8-17-11)15-1-3-19-4-2-16-13(19)20/h7-10H,1-6,14H2,(H,16,20)(H,15,17,18). The van der Waals surface area contributed by atoms with Gasteiger partial charge in [0.2, 0.25) is 0 Å². The van der Waals surface area contributed by atoms with Gasteiger partial charge in [0.25, 0.3) is 0 Å². The lowest BCUT2D eigenvalue weighted by molar-refractivity contribution is 0.219. The Kier molecular flexibility index (Phi) is 3.68. The number of anilines is 1. The Hall–Kier alpha value is -1.89. The molecule has 1 aromatic rings. The maximum Gasteiger partial charge on any atom is 0.317 e. The van der Waals surface area contributed by atoms with Crippen molar-refractivity contribution in [2.75, 3.05) is 31.5 Å². The lowest BCUT2D eigenvalue weighted by atomic mass is 9.79. The second-order valence-electron chi connectivity index (χ2n) is 5.40. The summed E-state index contributed by atoms with van der Waals surface area (Å²) >= 11 is 0. The molecule has 0 bridgehead atoms. The fraction of sp³-hybridized carbons (Fsp3) is 0.615. The van der Waals surface area contributed by atoms with Crippen LogP contribution in [0.25, 0.3) is 0 Å². The highest BCUT2D eigenvalue weighted by Crippen LogP contribution is 2.34. The molecule has 1 aromatic heterocycles. The topological polar surface area (TPSA) is 96.2 Å². The van der Waals surface area contributed by atoms with Gasteiger partial charge in [0.1, 0.15) is 12.1 Å². The van der Waals surface area contributed by atoms with Crippen LogP contribution in [0.5, 0.6) is 0 Å². The van der Waals surface area contributed by atoms with E-state index >= 15 is 0 Å². The normalized spacial score (nSPS) is 25.2. The average molecular weight is 276 g/mol. The molecule has 1 aliphatic carbocycles. The van der Waals surface area contributed by atoms with Crippen LogP contribution in [0.2, 0.25) is 0 Å². The molecule has 0 radical (unpaired) electrons. The minimum absolute atomic E-state index is 0.0126. The maximum atomic E-state index is 11.4. The van der Waals surface area contributed by atoms with Crippen LogP contribution in [0, 0.1) is 0 Å². The van der Waals surface area contributed by atoms with E-state index in [0.717, 1.165) is 37.4 Å². The first kappa shape index (κ1) is 13.1. The SMILES string of the molecule is NC1CC(c2cc(NCCN3CCNC3=O)ncn2)C1. The molecular formula is C13H20N6O. The highest BCUT2D eigenvalue weighted by Gasteiger charge is 2.28. The molecule has 4 N–H and O–H groups in total. The molecule has 7 heteroatoms. The van der Waals surface area contributed by atoms with Crippen LogP contribution in [0.3, 0.4) is 0 Å². The van der Waals surface area contributed by atoms with Gasteiger partial charge in [-0.25, -0.2) is 14.8 Å². The number of hydrogen-bond acceptors (Lipinski definition) is 5. The van der Waals surface area contributed by atoms with Crippen LogP contribution >= 0.6 is 0 Å². The first-order valence-corrected chi connectivity index (χ1v) is 7.06. The highest BCUT2D eigenvalue weighted by atomic mass is 16.2. The molecule has 2 heterocycles. The first-order valence-electron chi connectivity index (χ1n) is 7.06. The van der Waals surface area contributed by atoms with E-state index in [9.17, 15) is 4.79 Å². The zero-order valence-electron chi connectivity index (χ0n) is 11.4. The van der Waals surface area contributed by atoms with Crippen LogP contribution in [0.4, 0.5) is 10.6 Å². The average Bonchev–Trinajstić information content (AvgIpc) is 2.81. The Bertz CT molecular complexity index is 488. The van der Waals surface area contributed by atoms with Crippen molar-refractivity contribution < 1.29 is 4.79 Å². The number of nitrogens with one attached hydrogen (secondary N) is 2. The van der Waals surface area contributed by atoms with Crippen LogP contribution in [-0.2, 0) is 0 Å². The predicted molar refractivity (Wildman–Crippen MR) is 75.4 cm³/mol. The largest absolute Gasteiger partial charge is 0.368 e. The summed E-state index contributed by atoms with van der Waals surface area (Å²) in [6.07, 6.45) is 3.60. The number of urea groups is 1. The van der Waals surface area contributed by atoms with E-state index in [1.165, 1.54) is 0 Å². The van der Waals surface area contributed by atoms with Crippen molar-refractivity contribution in [1.82, 2.24) is 20.2 Å². The van der Waals surface area contributed by atoms with E-state index in [1.54, 1.807) is 11.2 Å². The maximum absolute atomic E-state index is 11.4. The molecule has 2 aliphatic rings. The molecule has 0 aromatic carbocycles. The summed E-state index contributed by atoms with van der Waals surface area (Å²) in [4.78, 5) is 21.7. The Morgan fingerprint density at radius 2 is 2.30 bits per heavy atom. The minimum atomic E-state index is 0.0126. The molecule has 1 saturated carbocycles. The van der Waals surface area contributed by atoms with E-state index in [1.807, 2.05) is 6.07 Å². The Morgan fingerprint density at radius 1 is 1.45 bits per heavy atom. The van der Waals surface area contributed by atoms with Gasteiger partial charge in [0, 0.05) is 49.9 Å². The first-order chi connectivity index (χ1) is 9.72. The molecule has 20 heavy (non-hydrogen) atoms. The molecule has 108 valence electrons. The number of amides is 2. The third kappa shape index (κ3) is 2.82. The molecule has 0 atom stereocenters. The Labute approximate surface area is 118 Å². The zero-order chi connectivity index (χ0) is 13.9. The third-order valence-electron chi connectivity index (χ3n) is 3.91.